The van der Waals surface area contributed by atoms with Crippen LogP contribution in [0.2, 0.25) is 0 Å². The molecule has 6 nitrogen and oxygen atoms in total. The molecule has 6 heteroatoms. The standard InChI is InChI=1S/C49H52N6/c1-33-25-44(35(3)37(5)52(33)7)27-45-26-34(2)53(38(6)36(45)4)30-40-21-23-41(24-22-40)32-55-47-20-14-12-18-43(47)29-49(55)51-50-48-28-42-17-11-13-19-46(42)54(48)31-39-15-9-8-10-16-39/h8-26H,27-32H2,1-7H3/q+2/b50-48-,51-49-. The molecule has 2 aliphatic heterocycles. The van der Waals surface area contributed by atoms with E-state index in [9.17, 15) is 0 Å². The molecule has 2 aromatic heterocycles. The number of rotatable bonds is 9. The van der Waals surface area contributed by atoms with Gasteiger partial charge in [-0.1, -0.05) is 91.0 Å². The number of nitrogens with zero attached hydrogens (tertiary/aromatic N) is 6. The lowest BCUT2D eigenvalue weighted by Gasteiger charge is -2.21. The molecule has 0 fully saturated rings. The summed E-state index contributed by atoms with van der Waals surface area (Å²) in [6.07, 6.45) is 2.50. The number of benzene rings is 4. The zero-order chi connectivity index (χ0) is 38.2. The molecular formula is C49H52N6+2. The Morgan fingerprint density at radius 1 is 0.527 bits per heavy atom. The fourth-order valence-corrected chi connectivity index (χ4v) is 8.34. The Labute approximate surface area is 326 Å². The van der Waals surface area contributed by atoms with Crippen LogP contribution >= 0.6 is 0 Å². The molecule has 0 atom stereocenters. The second-order valence-electron chi connectivity index (χ2n) is 15.5. The number of para-hydroxylation sites is 2. The summed E-state index contributed by atoms with van der Waals surface area (Å²) < 4.78 is 4.75. The number of aromatic nitrogens is 2. The van der Waals surface area contributed by atoms with Crippen molar-refractivity contribution in [2.45, 2.75) is 80.4 Å². The Morgan fingerprint density at radius 2 is 1.00 bits per heavy atom. The van der Waals surface area contributed by atoms with Gasteiger partial charge >= 0.3 is 0 Å². The van der Waals surface area contributed by atoms with Gasteiger partial charge in [0.1, 0.15) is 18.7 Å². The molecule has 4 aromatic carbocycles. The van der Waals surface area contributed by atoms with Crippen molar-refractivity contribution in [1.82, 2.24) is 0 Å². The topological polar surface area (TPSA) is 39.0 Å². The third-order valence-corrected chi connectivity index (χ3v) is 12.1. The lowest BCUT2D eigenvalue weighted by Crippen LogP contribution is -2.42. The Balaban J connectivity index is 1.02. The molecule has 2 aliphatic rings. The van der Waals surface area contributed by atoms with E-state index in [1.54, 1.807) is 0 Å². The fraction of sp³-hybridized carbons (Fsp3) is 0.265. The van der Waals surface area contributed by atoms with Crippen LogP contribution in [0.4, 0.5) is 11.4 Å². The predicted octanol–water partition coefficient (Wildman–Crippen LogP) is 8.83. The van der Waals surface area contributed by atoms with E-state index in [-0.39, 0.29) is 0 Å². The van der Waals surface area contributed by atoms with E-state index >= 15 is 0 Å². The molecule has 0 amide bonds. The van der Waals surface area contributed by atoms with E-state index in [0.29, 0.717) is 0 Å². The van der Waals surface area contributed by atoms with Crippen LogP contribution in [0.3, 0.4) is 0 Å². The predicted molar refractivity (Wildman–Crippen MR) is 225 cm³/mol. The second kappa shape index (κ2) is 15.1. The molecule has 0 spiro atoms. The SMILES string of the molecule is Cc1c(Cc2cc(C)[n+](Cc3ccc(CN4/C(=N\N=C5\Cc6ccccc6N5Cc5ccccc5)Cc5ccccc54)cc3)c(C)c2C)cc(C)[n+](C)c1C. The van der Waals surface area contributed by atoms with Crippen LogP contribution in [0.1, 0.15) is 72.8 Å². The number of hydrogen-bond acceptors (Lipinski definition) is 2. The largest absolute Gasteiger partial charge is 0.323 e. The van der Waals surface area contributed by atoms with Crippen molar-refractivity contribution in [1.29, 1.82) is 0 Å². The van der Waals surface area contributed by atoms with Gasteiger partial charge in [0.05, 0.1) is 0 Å². The van der Waals surface area contributed by atoms with Gasteiger partial charge in [0, 0.05) is 93.8 Å². The monoisotopic (exact) mass is 724 g/mol. The van der Waals surface area contributed by atoms with Crippen molar-refractivity contribution in [3.8, 4) is 0 Å². The third-order valence-electron chi connectivity index (χ3n) is 12.1. The van der Waals surface area contributed by atoms with E-state index in [1.807, 2.05) is 0 Å². The lowest BCUT2D eigenvalue weighted by molar-refractivity contribution is -0.700. The number of anilines is 2. The Morgan fingerprint density at radius 3 is 1.58 bits per heavy atom. The van der Waals surface area contributed by atoms with Crippen molar-refractivity contribution < 1.29 is 9.13 Å². The Hall–Kier alpha value is -5.88. The summed E-state index contributed by atoms with van der Waals surface area (Å²) in [5.74, 6) is 1.97. The maximum absolute atomic E-state index is 5.01. The van der Waals surface area contributed by atoms with Crippen LogP contribution in [0.25, 0.3) is 0 Å². The molecule has 0 aliphatic carbocycles. The van der Waals surface area contributed by atoms with Gasteiger partial charge in [0.25, 0.3) is 0 Å². The van der Waals surface area contributed by atoms with Gasteiger partial charge in [0.15, 0.2) is 29.3 Å². The third kappa shape index (κ3) is 7.21. The van der Waals surface area contributed by atoms with Gasteiger partial charge in [-0.2, -0.15) is 4.57 Å². The molecule has 0 bridgehead atoms. The molecule has 4 heterocycles. The highest BCUT2D eigenvalue weighted by molar-refractivity contribution is 6.07. The number of amidine groups is 2. The molecular weight excluding hydrogens is 673 g/mol. The van der Waals surface area contributed by atoms with E-state index in [2.05, 4.69) is 183 Å². The van der Waals surface area contributed by atoms with E-state index in [4.69, 9.17) is 10.2 Å². The van der Waals surface area contributed by atoms with Crippen LogP contribution in [0, 0.1) is 41.5 Å². The van der Waals surface area contributed by atoms with Crippen LogP contribution in [0.15, 0.2) is 125 Å². The maximum Gasteiger partial charge on any atom is 0.181 e. The van der Waals surface area contributed by atoms with Crippen molar-refractivity contribution >= 4 is 23.0 Å². The first-order chi connectivity index (χ1) is 26.6. The first-order valence-corrected chi connectivity index (χ1v) is 19.6. The lowest BCUT2D eigenvalue weighted by atomic mass is 9.95. The molecule has 0 unspecified atom stereocenters. The number of aryl methyl sites for hydroxylation is 2. The minimum absolute atomic E-state index is 0.740. The highest BCUT2D eigenvalue weighted by Crippen LogP contribution is 2.33. The summed E-state index contributed by atoms with van der Waals surface area (Å²) in [5.41, 5.74) is 19.6. The van der Waals surface area contributed by atoms with Gasteiger partial charge < -0.3 is 9.80 Å². The maximum atomic E-state index is 5.01. The average Bonchev–Trinajstić information content (AvgIpc) is 3.73. The fourth-order valence-electron chi connectivity index (χ4n) is 8.34. The quantitative estimate of drug-likeness (QED) is 0.111. The minimum atomic E-state index is 0.740. The van der Waals surface area contributed by atoms with Gasteiger partial charge in [-0.25, -0.2) is 4.57 Å². The van der Waals surface area contributed by atoms with Gasteiger partial charge in [0.2, 0.25) is 0 Å². The molecule has 0 saturated heterocycles. The van der Waals surface area contributed by atoms with E-state index in [1.165, 1.54) is 84.2 Å². The second-order valence-corrected chi connectivity index (χ2v) is 15.5. The summed E-state index contributed by atoms with van der Waals surface area (Å²) in [7, 11) is 2.16. The minimum Gasteiger partial charge on any atom is -0.323 e. The smallest absolute Gasteiger partial charge is 0.181 e. The summed E-state index contributed by atoms with van der Waals surface area (Å²) >= 11 is 0. The van der Waals surface area contributed by atoms with Crippen molar-refractivity contribution in [3.63, 3.8) is 0 Å². The van der Waals surface area contributed by atoms with E-state index < -0.39 is 0 Å². The summed E-state index contributed by atoms with van der Waals surface area (Å²) in [5, 5.41) is 10.00. The summed E-state index contributed by atoms with van der Waals surface area (Å²) in [6.45, 7) is 15.8. The highest BCUT2D eigenvalue weighted by Gasteiger charge is 2.28. The van der Waals surface area contributed by atoms with Crippen LogP contribution in [-0.4, -0.2) is 11.7 Å². The zero-order valence-corrected chi connectivity index (χ0v) is 33.4. The number of fused-ring (bicyclic) bond motifs is 2. The van der Waals surface area contributed by atoms with Crippen LogP contribution in [-0.2, 0) is 45.9 Å². The van der Waals surface area contributed by atoms with E-state index in [0.717, 1.165) is 50.6 Å². The first kappa shape index (κ1) is 36.1. The normalized spacial score (nSPS) is 15.0. The zero-order valence-electron chi connectivity index (χ0n) is 33.4. The van der Waals surface area contributed by atoms with Crippen LogP contribution in [0.5, 0.6) is 0 Å². The van der Waals surface area contributed by atoms with Crippen molar-refractivity contribution in [2.24, 2.45) is 17.3 Å². The summed E-state index contributed by atoms with van der Waals surface area (Å²) in [4.78, 5) is 4.67. The van der Waals surface area contributed by atoms with Gasteiger partial charge in [-0.3, -0.25) is 0 Å². The molecule has 55 heavy (non-hydrogen) atoms. The number of hydrogen-bond donors (Lipinski definition) is 0. The Bertz CT molecular complexity index is 2460. The molecule has 0 saturated carbocycles. The average molecular weight is 725 g/mol. The van der Waals surface area contributed by atoms with Crippen LogP contribution < -0.4 is 18.9 Å². The molecule has 6 aromatic rings. The number of pyridine rings is 2. The molecule has 0 N–H and O–H groups in total. The molecule has 0 radical (unpaired) electrons. The highest BCUT2D eigenvalue weighted by atomic mass is 15.4. The molecule has 8 rings (SSSR count). The van der Waals surface area contributed by atoms with Crippen molar-refractivity contribution in [3.05, 3.63) is 188 Å². The first-order valence-electron chi connectivity index (χ1n) is 19.6. The molecule has 276 valence electrons. The van der Waals surface area contributed by atoms with Gasteiger partial charge in [-0.05, 0) is 65.8 Å². The van der Waals surface area contributed by atoms with Crippen molar-refractivity contribution in [2.75, 3.05) is 9.80 Å². The Kier molecular flexibility index (Phi) is 9.91. The van der Waals surface area contributed by atoms with Gasteiger partial charge in [-0.15, -0.1) is 10.2 Å². The summed E-state index contributed by atoms with van der Waals surface area (Å²) in [6, 6.07) is 41.8.